The minimum atomic E-state index is -1.20. The lowest BCUT2D eigenvalue weighted by Gasteiger charge is -2.19. The van der Waals surface area contributed by atoms with Gasteiger partial charge in [0.25, 0.3) is 0 Å². The van der Waals surface area contributed by atoms with Gasteiger partial charge in [-0.05, 0) is 61.3 Å². The van der Waals surface area contributed by atoms with Crippen LogP contribution in [0.25, 0.3) is 0 Å². The van der Waals surface area contributed by atoms with E-state index in [1.165, 1.54) is 113 Å². The van der Waals surface area contributed by atoms with E-state index in [0.29, 0.717) is 5.75 Å². The molecular weight excluding hydrogens is 396 g/mol. The Morgan fingerprint density at radius 1 is 0.625 bits per heavy atom. The van der Waals surface area contributed by atoms with Crippen molar-refractivity contribution in [3.05, 3.63) is 28.8 Å². The molecule has 3 heteroatoms. The van der Waals surface area contributed by atoms with Crippen molar-refractivity contribution in [2.75, 3.05) is 0 Å². The van der Waals surface area contributed by atoms with Gasteiger partial charge in [-0.15, -0.1) is 0 Å². The maximum Gasteiger partial charge on any atom is 0.511 e. The van der Waals surface area contributed by atoms with E-state index >= 15 is 0 Å². The van der Waals surface area contributed by atoms with E-state index < -0.39 is 6.16 Å². The molecule has 1 aromatic carbocycles. The fraction of sp³-hybridized carbons (Fsp3) is 0.759. The Kier molecular flexibility index (Phi) is 16.9. The molecule has 3 nitrogen and oxygen atoms in total. The second-order valence-electron chi connectivity index (χ2n) is 9.39. The summed E-state index contributed by atoms with van der Waals surface area (Å²) in [7, 11) is 0. The third kappa shape index (κ3) is 12.5. The predicted octanol–water partition coefficient (Wildman–Crippen LogP) is 9.67. The van der Waals surface area contributed by atoms with Gasteiger partial charge < -0.3 is 9.84 Å². The average Bonchev–Trinajstić information content (AvgIpc) is 2.77. The maximum atomic E-state index is 11.3. The summed E-state index contributed by atoms with van der Waals surface area (Å²) in [5, 5.41) is 9.29. The average molecular weight is 447 g/mol. The molecule has 0 radical (unpaired) electrons. The van der Waals surface area contributed by atoms with Crippen molar-refractivity contribution < 1.29 is 14.6 Å². The summed E-state index contributed by atoms with van der Waals surface area (Å²) in [5.41, 5.74) is 3.99. The number of carbonyl (C=O) groups is 1. The van der Waals surface area contributed by atoms with Crippen molar-refractivity contribution in [2.45, 2.75) is 143 Å². The van der Waals surface area contributed by atoms with Gasteiger partial charge >= 0.3 is 6.16 Å². The van der Waals surface area contributed by atoms with E-state index in [2.05, 4.69) is 26.8 Å². The normalized spacial score (nSPS) is 11.1. The van der Waals surface area contributed by atoms with Gasteiger partial charge in [0.15, 0.2) is 0 Å². The molecule has 1 rings (SSSR count). The first-order chi connectivity index (χ1) is 15.6. The van der Waals surface area contributed by atoms with Crippen molar-refractivity contribution in [2.24, 2.45) is 0 Å². The first-order valence-corrected chi connectivity index (χ1v) is 13.7. The van der Waals surface area contributed by atoms with E-state index in [9.17, 15) is 9.90 Å². The minimum absolute atomic E-state index is 0.572. The van der Waals surface area contributed by atoms with Crippen LogP contribution < -0.4 is 4.74 Å². The topological polar surface area (TPSA) is 46.5 Å². The van der Waals surface area contributed by atoms with Crippen molar-refractivity contribution in [3.63, 3.8) is 0 Å². The summed E-state index contributed by atoms with van der Waals surface area (Å²) in [6, 6.07) is 4.06. The number of aryl methyl sites for hydroxylation is 1. The molecule has 0 unspecified atom stereocenters. The Labute approximate surface area is 198 Å². The van der Waals surface area contributed by atoms with Gasteiger partial charge in [-0.1, -0.05) is 110 Å². The summed E-state index contributed by atoms with van der Waals surface area (Å²) < 4.78 is 5.25. The zero-order valence-electron chi connectivity index (χ0n) is 21.4. The molecule has 0 atom stereocenters. The Bertz CT molecular complexity index is 609. The number of ether oxygens (including phenoxy) is 1. The summed E-state index contributed by atoms with van der Waals surface area (Å²) in [4.78, 5) is 11.3. The SMILES string of the molecule is CCCCCCCCc1ccc(OC(=O)O)c(CCCCCCC)c1CCCCCCC. The maximum absolute atomic E-state index is 11.3. The van der Waals surface area contributed by atoms with E-state index in [1.54, 1.807) is 0 Å². The van der Waals surface area contributed by atoms with Gasteiger partial charge in [0.05, 0.1) is 0 Å². The van der Waals surface area contributed by atoms with Crippen molar-refractivity contribution in [3.8, 4) is 5.75 Å². The summed E-state index contributed by atoms with van der Waals surface area (Å²) >= 11 is 0. The van der Waals surface area contributed by atoms with Crippen LogP contribution in [0.5, 0.6) is 5.75 Å². The predicted molar refractivity (Wildman–Crippen MR) is 137 cm³/mol. The molecule has 1 aromatic rings. The molecule has 0 aliphatic heterocycles. The van der Waals surface area contributed by atoms with Crippen LogP contribution in [0, 0.1) is 0 Å². The summed E-state index contributed by atoms with van der Waals surface area (Å²) in [6.07, 6.45) is 22.1. The lowest BCUT2D eigenvalue weighted by molar-refractivity contribution is 0.144. The standard InChI is InChI=1S/C29H50O3/c1-4-7-10-13-16-17-20-25-23-24-28(32-29(30)31)27(22-19-15-12-9-6-3)26(25)21-18-14-11-8-5-2/h23-24H,4-22H2,1-3H3,(H,30,31). The lowest BCUT2D eigenvalue weighted by atomic mass is 9.89. The third-order valence-corrected chi connectivity index (χ3v) is 6.54. The van der Waals surface area contributed by atoms with Crippen molar-refractivity contribution >= 4 is 6.16 Å². The Balaban J connectivity index is 2.94. The quantitative estimate of drug-likeness (QED) is 0.123. The fourth-order valence-corrected chi connectivity index (χ4v) is 4.64. The fourth-order valence-electron chi connectivity index (χ4n) is 4.64. The Hall–Kier alpha value is -1.51. The largest absolute Gasteiger partial charge is 0.511 e. The second kappa shape index (κ2) is 19.0. The van der Waals surface area contributed by atoms with Crippen LogP contribution in [-0.4, -0.2) is 11.3 Å². The number of benzene rings is 1. The highest BCUT2D eigenvalue weighted by Gasteiger charge is 2.16. The van der Waals surface area contributed by atoms with Gasteiger partial charge in [-0.2, -0.15) is 0 Å². The zero-order chi connectivity index (χ0) is 23.4. The van der Waals surface area contributed by atoms with Gasteiger partial charge in [0.2, 0.25) is 0 Å². The van der Waals surface area contributed by atoms with Crippen molar-refractivity contribution in [1.82, 2.24) is 0 Å². The van der Waals surface area contributed by atoms with Gasteiger partial charge in [0.1, 0.15) is 5.75 Å². The van der Waals surface area contributed by atoms with E-state index in [1.807, 2.05) is 6.07 Å². The van der Waals surface area contributed by atoms with Gasteiger partial charge in [0, 0.05) is 0 Å². The highest BCUT2D eigenvalue weighted by Crippen LogP contribution is 2.31. The molecule has 0 saturated heterocycles. The smallest absolute Gasteiger partial charge is 0.449 e. The Morgan fingerprint density at radius 2 is 1.06 bits per heavy atom. The van der Waals surface area contributed by atoms with E-state index in [0.717, 1.165) is 25.7 Å². The van der Waals surface area contributed by atoms with Crippen LogP contribution in [0.15, 0.2) is 12.1 Å². The first kappa shape index (κ1) is 28.5. The van der Waals surface area contributed by atoms with E-state index in [-0.39, 0.29) is 0 Å². The molecule has 0 fully saturated rings. The molecule has 32 heavy (non-hydrogen) atoms. The van der Waals surface area contributed by atoms with Crippen LogP contribution >= 0.6 is 0 Å². The first-order valence-electron chi connectivity index (χ1n) is 13.7. The molecule has 0 aliphatic rings. The van der Waals surface area contributed by atoms with Crippen LogP contribution in [0.2, 0.25) is 0 Å². The molecule has 1 N–H and O–H groups in total. The molecular formula is C29H50O3. The summed E-state index contributed by atoms with van der Waals surface area (Å²) in [5.74, 6) is 0.572. The monoisotopic (exact) mass is 446 g/mol. The molecule has 0 aromatic heterocycles. The lowest BCUT2D eigenvalue weighted by Crippen LogP contribution is -2.09. The zero-order valence-corrected chi connectivity index (χ0v) is 21.4. The van der Waals surface area contributed by atoms with Gasteiger partial charge in [-0.3, -0.25) is 0 Å². The highest BCUT2D eigenvalue weighted by molar-refractivity contribution is 5.63. The third-order valence-electron chi connectivity index (χ3n) is 6.54. The molecule has 0 amide bonds. The number of hydrogen-bond donors (Lipinski definition) is 1. The molecule has 0 saturated carbocycles. The minimum Gasteiger partial charge on any atom is -0.449 e. The van der Waals surface area contributed by atoms with Crippen molar-refractivity contribution in [1.29, 1.82) is 0 Å². The number of unbranched alkanes of at least 4 members (excludes halogenated alkanes) is 13. The highest BCUT2D eigenvalue weighted by atomic mass is 16.7. The van der Waals surface area contributed by atoms with Crippen LogP contribution in [-0.2, 0) is 19.3 Å². The van der Waals surface area contributed by atoms with Crippen LogP contribution in [0.3, 0.4) is 0 Å². The van der Waals surface area contributed by atoms with E-state index in [4.69, 9.17) is 4.74 Å². The molecule has 0 spiro atoms. The van der Waals surface area contributed by atoms with Crippen LogP contribution in [0.4, 0.5) is 4.79 Å². The molecule has 184 valence electrons. The Morgan fingerprint density at radius 3 is 1.56 bits per heavy atom. The number of carboxylic acid groups (broad SMARTS) is 1. The number of hydrogen-bond acceptors (Lipinski definition) is 2. The second-order valence-corrected chi connectivity index (χ2v) is 9.39. The molecule has 0 heterocycles. The molecule has 0 bridgehead atoms. The van der Waals surface area contributed by atoms with Crippen LogP contribution in [0.1, 0.15) is 140 Å². The molecule has 0 aliphatic carbocycles. The number of rotatable bonds is 20. The summed E-state index contributed by atoms with van der Waals surface area (Å²) in [6.45, 7) is 6.75. The van der Waals surface area contributed by atoms with Gasteiger partial charge in [-0.25, -0.2) is 4.79 Å².